The van der Waals surface area contributed by atoms with Crippen molar-refractivity contribution in [1.82, 2.24) is 5.32 Å². The monoisotopic (exact) mass is 288 g/mol. The first kappa shape index (κ1) is 14.1. The molecule has 0 saturated heterocycles. The maximum Gasteiger partial charge on any atom is 0.308 e. The highest BCUT2D eigenvalue weighted by Gasteiger charge is 2.51. The summed E-state index contributed by atoms with van der Waals surface area (Å²) in [7, 11) is 0. The Balaban J connectivity index is 1.72. The number of aliphatic carboxylic acids is 1. The topological polar surface area (TPSA) is 92.4 Å². The summed E-state index contributed by atoms with van der Waals surface area (Å²) < 4.78 is 0. The molecule has 2 bridgehead atoms. The Morgan fingerprint density at radius 2 is 1.86 bits per heavy atom. The minimum absolute atomic E-state index is 0.192. The van der Waals surface area contributed by atoms with Crippen molar-refractivity contribution < 1.29 is 14.7 Å². The van der Waals surface area contributed by atoms with Crippen molar-refractivity contribution in [1.29, 1.82) is 0 Å². The number of fused-ring (bicyclic) bond motifs is 2. The lowest BCUT2D eigenvalue weighted by molar-refractivity contribution is -0.144. The second kappa shape index (κ2) is 5.48. The summed E-state index contributed by atoms with van der Waals surface area (Å²) in [5, 5.41) is 12.3. The van der Waals surface area contributed by atoms with E-state index in [4.69, 9.17) is 5.73 Å². The van der Waals surface area contributed by atoms with Crippen LogP contribution in [0.25, 0.3) is 0 Å². The van der Waals surface area contributed by atoms with Gasteiger partial charge in [-0.05, 0) is 48.8 Å². The predicted molar refractivity (Wildman–Crippen MR) is 77.5 cm³/mol. The van der Waals surface area contributed by atoms with Crippen molar-refractivity contribution in [2.24, 2.45) is 23.5 Å². The van der Waals surface area contributed by atoms with Crippen LogP contribution in [-0.4, -0.2) is 23.0 Å². The van der Waals surface area contributed by atoms with E-state index in [-0.39, 0.29) is 17.9 Å². The third-order valence-electron chi connectivity index (χ3n) is 4.95. The molecular formula is C16H20N2O3. The number of benzene rings is 1. The SMILES string of the molecule is NCc1ccc(C(=O)NC2C3CCC(C3)C2C(=O)O)cc1. The molecule has 21 heavy (non-hydrogen) atoms. The summed E-state index contributed by atoms with van der Waals surface area (Å²) in [4.78, 5) is 23.7. The third-order valence-corrected chi connectivity index (χ3v) is 4.95. The molecule has 0 heterocycles. The van der Waals surface area contributed by atoms with Gasteiger partial charge in [-0.2, -0.15) is 0 Å². The largest absolute Gasteiger partial charge is 0.481 e. The van der Waals surface area contributed by atoms with E-state index in [1.54, 1.807) is 12.1 Å². The van der Waals surface area contributed by atoms with Gasteiger partial charge in [-0.1, -0.05) is 12.1 Å². The number of amides is 1. The molecule has 2 fully saturated rings. The molecule has 2 saturated carbocycles. The van der Waals surface area contributed by atoms with Crippen LogP contribution in [0.5, 0.6) is 0 Å². The number of hydrogen-bond donors (Lipinski definition) is 3. The summed E-state index contributed by atoms with van der Waals surface area (Å²) in [5.74, 6) is -0.884. The molecule has 112 valence electrons. The van der Waals surface area contributed by atoms with Crippen molar-refractivity contribution in [3.8, 4) is 0 Å². The molecule has 2 aliphatic rings. The van der Waals surface area contributed by atoms with E-state index < -0.39 is 11.9 Å². The maximum atomic E-state index is 12.3. The van der Waals surface area contributed by atoms with Crippen molar-refractivity contribution in [3.05, 3.63) is 35.4 Å². The zero-order chi connectivity index (χ0) is 15.0. The fourth-order valence-corrected chi connectivity index (χ4v) is 3.88. The standard InChI is InChI=1S/C16H20N2O3/c17-8-9-1-3-10(4-2-9)15(19)18-14-12-6-5-11(7-12)13(14)16(20)21/h1-4,11-14H,5-8,17H2,(H,18,19)(H,20,21). The van der Waals surface area contributed by atoms with Gasteiger partial charge < -0.3 is 16.2 Å². The van der Waals surface area contributed by atoms with Crippen LogP contribution < -0.4 is 11.1 Å². The van der Waals surface area contributed by atoms with Crippen LogP contribution in [-0.2, 0) is 11.3 Å². The Hall–Kier alpha value is -1.88. The molecule has 1 aromatic rings. The molecule has 1 amide bonds. The van der Waals surface area contributed by atoms with Gasteiger partial charge in [-0.3, -0.25) is 9.59 Å². The summed E-state index contributed by atoms with van der Waals surface area (Å²) in [5.41, 5.74) is 7.06. The lowest BCUT2D eigenvalue weighted by Gasteiger charge is -2.28. The highest BCUT2D eigenvalue weighted by molar-refractivity contribution is 5.94. The highest BCUT2D eigenvalue weighted by atomic mass is 16.4. The van der Waals surface area contributed by atoms with Crippen LogP contribution >= 0.6 is 0 Å². The molecule has 0 aliphatic heterocycles. The summed E-state index contributed by atoms with van der Waals surface area (Å²) >= 11 is 0. The Bertz CT molecular complexity index is 555. The van der Waals surface area contributed by atoms with E-state index in [1.165, 1.54) is 0 Å². The number of rotatable bonds is 4. The number of carbonyl (C=O) groups is 2. The number of carbonyl (C=O) groups excluding carboxylic acids is 1. The van der Waals surface area contributed by atoms with Crippen molar-refractivity contribution in [2.75, 3.05) is 0 Å². The van der Waals surface area contributed by atoms with Crippen molar-refractivity contribution in [3.63, 3.8) is 0 Å². The molecule has 3 rings (SSSR count). The van der Waals surface area contributed by atoms with Gasteiger partial charge in [0.25, 0.3) is 5.91 Å². The first-order chi connectivity index (χ1) is 10.1. The van der Waals surface area contributed by atoms with Crippen molar-refractivity contribution in [2.45, 2.75) is 31.8 Å². The average molecular weight is 288 g/mol. The second-order valence-electron chi connectivity index (χ2n) is 6.10. The number of carboxylic acid groups (broad SMARTS) is 1. The van der Waals surface area contributed by atoms with Crippen molar-refractivity contribution >= 4 is 11.9 Å². The zero-order valence-corrected chi connectivity index (χ0v) is 11.8. The number of hydrogen-bond acceptors (Lipinski definition) is 3. The lowest BCUT2D eigenvalue weighted by atomic mass is 9.84. The van der Waals surface area contributed by atoms with Crippen LogP contribution in [0.2, 0.25) is 0 Å². The molecule has 2 aliphatic carbocycles. The number of nitrogens with two attached hydrogens (primary N) is 1. The van der Waals surface area contributed by atoms with Gasteiger partial charge >= 0.3 is 5.97 Å². The van der Waals surface area contributed by atoms with E-state index >= 15 is 0 Å². The fraction of sp³-hybridized carbons (Fsp3) is 0.500. The Morgan fingerprint density at radius 1 is 1.19 bits per heavy atom. The Morgan fingerprint density at radius 3 is 2.48 bits per heavy atom. The van der Waals surface area contributed by atoms with E-state index in [0.29, 0.717) is 18.0 Å². The minimum atomic E-state index is -0.786. The molecule has 4 unspecified atom stereocenters. The molecule has 5 heteroatoms. The van der Waals surface area contributed by atoms with E-state index in [9.17, 15) is 14.7 Å². The first-order valence-electron chi connectivity index (χ1n) is 7.43. The molecule has 4 atom stereocenters. The van der Waals surface area contributed by atoms with Crippen LogP contribution in [0.3, 0.4) is 0 Å². The number of nitrogens with one attached hydrogen (secondary N) is 1. The quantitative estimate of drug-likeness (QED) is 0.780. The molecule has 0 radical (unpaired) electrons. The summed E-state index contributed by atoms with van der Waals surface area (Å²) in [6, 6.07) is 6.89. The fourth-order valence-electron chi connectivity index (χ4n) is 3.88. The van der Waals surface area contributed by atoms with E-state index in [0.717, 1.165) is 24.8 Å². The van der Waals surface area contributed by atoms with Gasteiger partial charge in [0.05, 0.1) is 5.92 Å². The molecule has 1 aromatic carbocycles. The van der Waals surface area contributed by atoms with Crippen LogP contribution in [0.4, 0.5) is 0 Å². The van der Waals surface area contributed by atoms with E-state index in [2.05, 4.69) is 5.32 Å². The maximum absolute atomic E-state index is 12.3. The molecule has 0 aromatic heterocycles. The van der Waals surface area contributed by atoms with Gasteiger partial charge in [0.2, 0.25) is 0 Å². The summed E-state index contributed by atoms with van der Waals surface area (Å²) in [6.07, 6.45) is 2.92. The Kier molecular flexibility index (Phi) is 3.68. The van der Waals surface area contributed by atoms with Crippen LogP contribution in [0.1, 0.15) is 35.2 Å². The van der Waals surface area contributed by atoms with Gasteiger partial charge in [0.15, 0.2) is 0 Å². The molecule has 5 nitrogen and oxygen atoms in total. The van der Waals surface area contributed by atoms with Crippen LogP contribution in [0.15, 0.2) is 24.3 Å². The van der Waals surface area contributed by atoms with Crippen LogP contribution in [0, 0.1) is 17.8 Å². The smallest absolute Gasteiger partial charge is 0.308 e. The molecular weight excluding hydrogens is 268 g/mol. The van der Waals surface area contributed by atoms with Gasteiger partial charge in [0, 0.05) is 18.2 Å². The highest BCUT2D eigenvalue weighted by Crippen LogP contribution is 2.48. The van der Waals surface area contributed by atoms with Gasteiger partial charge in [-0.25, -0.2) is 0 Å². The summed E-state index contributed by atoms with van der Waals surface area (Å²) in [6.45, 7) is 0.440. The molecule has 4 N–H and O–H groups in total. The second-order valence-corrected chi connectivity index (χ2v) is 6.10. The Labute approximate surface area is 123 Å². The van der Waals surface area contributed by atoms with Gasteiger partial charge in [-0.15, -0.1) is 0 Å². The number of carboxylic acids is 1. The average Bonchev–Trinajstić information content (AvgIpc) is 3.08. The zero-order valence-electron chi connectivity index (χ0n) is 11.8. The predicted octanol–water partition coefficient (Wildman–Crippen LogP) is 1.37. The minimum Gasteiger partial charge on any atom is -0.481 e. The third kappa shape index (κ3) is 2.53. The molecule has 0 spiro atoms. The van der Waals surface area contributed by atoms with E-state index in [1.807, 2.05) is 12.1 Å². The normalized spacial score (nSPS) is 30.3. The lowest BCUT2D eigenvalue weighted by Crippen LogP contribution is -2.46. The van der Waals surface area contributed by atoms with Gasteiger partial charge in [0.1, 0.15) is 0 Å². The first-order valence-corrected chi connectivity index (χ1v) is 7.43.